The lowest BCUT2D eigenvalue weighted by Crippen LogP contribution is -2.27. The molecule has 0 aliphatic heterocycles. The minimum absolute atomic E-state index is 0.206. The molecule has 1 amide bonds. The third-order valence-corrected chi connectivity index (χ3v) is 4.20. The number of benzene rings is 1. The summed E-state index contributed by atoms with van der Waals surface area (Å²) in [5.41, 5.74) is 2.42. The number of anilines is 2. The topological polar surface area (TPSA) is 58.1 Å². The minimum atomic E-state index is -0.206. The number of hydrogen-bond donors (Lipinski definition) is 1. The quantitative estimate of drug-likeness (QED) is 0.740. The molecule has 5 nitrogen and oxygen atoms in total. The van der Waals surface area contributed by atoms with E-state index in [4.69, 9.17) is 0 Å². The maximum absolute atomic E-state index is 12.7. The number of aryl methyl sites for hydroxylation is 1. The standard InChI is InChI=1S/C21H30N4O/c1-6-12-25(13-7-2)20-14-19(22-16(5)23-20)21(26)24-18-10-8-17(9-11-18)15(3)4/h8-11,14-15H,6-7,12-13H2,1-5H3,(H,24,26). The van der Waals surface area contributed by atoms with Crippen molar-refractivity contribution in [1.29, 1.82) is 0 Å². The van der Waals surface area contributed by atoms with E-state index in [-0.39, 0.29) is 5.91 Å². The van der Waals surface area contributed by atoms with E-state index in [9.17, 15) is 4.79 Å². The van der Waals surface area contributed by atoms with Crippen LogP contribution >= 0.6 is 0 Å². The van der Waals surface area contributed by atoms with Crippen molar-refractivity contribution in [2.45, 2.75) is 53.4 Å². The van der Waals surface area contributed by atoms with Gasteiger partial charge in [0.25, 0.3) is 5.91 Å². The molecule has 0 unspecified atom stereocenters. The molecule has 26 heavy (non-hydrogen) atoms. The number of aromatic nitrogens is 2. The molecule has 0 aliphatic carbocycles. The first-order valence-electron chi connectivity index (χ1n) is 9.46. The molecule has 2 rings (SSSR count). The summed E-state index contributed by atoms with van der Waals surface area (Å²) in [5, 5.41) is 2.93. The van der Waals surface area contributed by atoms with Crippen LogP contribution in [-0.4, -0.2) is 29.0 Å². The van der Waals surface area contributed by atoms with Crippen molar-refractivity contribution in [3.05, 3.63) is 47.4 Å². The van der Waals surface area contributed by atoms with Crippen molar-refractivity contribution in [2.75, 3.05) is 23.3 Å². The molecular weight excluding hydrogens is 324 g/mol. The molecule has 1 aromatic heterocycles. The first-order valence-corrected chi connectivity index (χ1v) is 9.46. The second kappa shape index (κ2) is 9.32. The van der Waals surface area contributed by atoms with Gasteiger partial charge in [-0.25, -0.2) is 9.97 Å². The number of nitrogens with one attached hydrogen (secondary N) is 1. The summed E-state index contributed by atoms with van der Waals surface area (Å²) < 4.78 is 0. The average molecular weight is 354 g/mol. The summed E-state index contributed by atoms with van der Waals surface area (Å²) in [4.78, 5) is 23.7. The van der Waals surface area contributed by atoms with Gasteiger partial charge < -0.3 is 10.2 Å². The first-order chi connectivity index (χ1) is 12.4. The van der Waals surface area contributed by atoms with Gasteiger partial charge in [-0.2, -0.15) is 0 Å². The number of rotatable bonds is 8. The Morgan fingerprint density at radius 2 is 1.69 bits per heavy atom. The predicted octanol–water partition coefficient (Wildman–Crippen LogP) is 4.79. The average Bonchev–Trinajstić information content (AvgIpc) is 2.61. The van der Waals surface area contributed by atoms with Gasteiger partial charge in [-0.15, -0.1) is 0 Å². The highest BCUT2D eigenvalue weighted by Gasteiger charge is 2.14. The van der Waals surface area contributed by atoms with Crippen LogP contribution in [0.3, 0.4) is 0 Å². The Labute approximate surface area is 156 Å². The lowest BCUT2D eigenvalue weighted by atomic mass is 10.0. The van der Waals surface area contributed by atoms with Crippen molar-refractivity contribution < 1.29 is 4.79 Å². The Kier molecular flexibility index (Phi) is 7.13. The Morgan fingerprint density at radius 1 is 1.08 bits per heavy atom. The Bertz CT molecular complexity index is 719. The van der Waals surface area contributed by atoms with Gasteiger partial charge in [-0.3, -0.25) is 4.79 Å². The number of hydrogen-bond acceptors (Lipinski definition) is 4. The summed E-state index contributed by atoms with van der Waals surface area (Å²) >= 11 is 0. The summed E-state index contributed by atoms with van der Waals surface area (Å²) in [6, 6.07) is 9.74. The second-order valence-corrected chi connectivity index (χ2v) is 6.88. The molecule has 0 fully saturated rings. The van der Waals surface area contributed by atoms with Gasteiger partial charge in [0.2, 0.25) is 0 Å². The van der Waals surface area contributed by atoms with Gasteiger partial charge in [-0.05, 0) is 43.4 Å². The van der Waals surface area contributed by atoms with Crippen molar-refractivity contribution in [3.8, 4) is 0 Å². The van der Waals surface area contributed by atoms with Gasteiger partial charge in [0.1, 0.15) is 17.3 Å². The molecule has 0 aliphatic rings. The normalized spacial score (nSPS) is 10.8. The molecule has 140 valence electrons. The van der Waals surface area contributed by atoms with Crippen LogP contribution in [0.5, 0.6) is 0 Å². The van der Waals surface area contributed by atoms with Gasteiger partial charge >= 0.3 is 0 Å². The van der Waals surface area contributed by atoms with E-state index in [1.54, 1.807) is 6.07 Å². The molecule has 0 atom stereocenters. The van der Waals surface area contributed by atoms with Gasteiger partial charge in [-0.1, -0.05) is 39.8 Å². The van der Waals surface area contributed by atoms with Crippen LogP contribution in [0.25, 0.3) is 0 Å². The first kappa shape index (κ1) is 19.9. The van der Waals surface area contributed by atoms with E-state index in [2.05, 4.69) is 47.9 Å². The highest BCUT2D eigenvalue weighted by atomic mass is 16.1. The van der Waals surface area contributed by atoms with E-state index >= 15 is 0 Å². The third kappa shape index (κ3) is 5.28. The lowest BCUT2D eigenvalue weighted by molar-refractivity contribution is 0.102. The number of amides is 1. The highest BCUT2D eigenvalue weighted by molar-refractivity contribution is 6.03. The molecular formula is C21H30N4O. The second-order valence-electron chi connectivity index (χ2n) is 6.88. The van der Waals surface area contributed by atoms with Crippen LogP contribution < -0.4 is 10.2 Å². The van der Waals surface area contributed by atoms with Gasteiger partial charge in [0.15, 0.2) is 0 Å². The van der Waals surface area contributed by atoms with E-state index in [0.717, 1.165) is 37.4 Å². The van der Waals surface area contributed by atoms with Gasteiger partial charge in [0, 0.05) is 24.8 Å². The van der Waals surface area contributed by atoms with E-state index in [1.165, 1.54) is 5.56 Å². The summed E-state index contributed by atoms with van der Waals surface area (Å²) in [6.45, 7) is 12.3. The summed E-state index contributed by atoms with van der Waals surface area (Å²) in [6.07, 6.45) is 2.07. The van der Waals surface area contributed by atoms with Crippen LogP contribution in [0.1, 0.15) is 68.3 Å². The Morgan fingerprint density at radius 3 is 2.23 bits per heavy atom. The zero-order valence-corrected chi connectivity index (χ0v) is 16.5. The smallest absolute Gasteiger partial charge is 0.274 e. The monoisotopic (exact) mass is 354 g/mol. The fourth-order valence-electron chi connectivity index (χ4n) is 2.86. The van der Waals surface area contributed by atoms with E-state index in [1.807, 2.05) is 31.2 Å². The van der Waals surface area contributed by atoms with E-state index in [0.29, 0.717) is 17.4 Å². The number of carbonyl (C=O) groups is 1. The van der Waals surface area contributed by atoms with Crippen molar-refractivity contribution in [1.82, 2.24) is 9.97 Å². The highest BCUT2D eigenvalue weighted by Crippen LogP contribution is 2.19. The largest absolute Gasteiger partial charge is 0.357 e. The fourth-order valence-corrected chi connectivity index (χ4v) is 2.86. The van der Waals surface area contributed by atoms with Crippen molar-refractivity contribution >= 4 is 17.4 Å². The maximum Gasteiger partial charge on any atom is 0.274 e. The maximum atomic E-state index is 12.7. The van der Waals surface area contributed by atoms with Crippen molar-refractivity contribution in [3.63, 3.8) is 0 Å². The minimum Gasteiger partial charge on any atom is -0.357 e. The molecule has 1 N–H and O–H groups in total. The molecule has 0 spiro atoms. The van der Waals surface area contributed by atoms with Crippen LogP contribution in [0.4, 0.5) is 11.5 Å². The molecule has 5 heteroatoms. The molecule has 2 aromatic rings. The van der Waals surface area contributed by atoms with Crippen LogP contribution in [0.15, 0.2) is 30.3 Å². The predicted molar refractivity (Wildman–Crippen MR) is 108 cm³/mol. The fraction of sp³-hybridized carbons (Fsp3) is 0.476. The lowest BCUT2D eigenvalue weighted by Gasteiger charge is -2.23. The van der Waals surface area contributed by atoms with Crippen LogP contribution in [0, 0.1) is 6.92 Å². The summed E-state index contributed by atoms with van der Waals surface area (Å²) in [7, 11) is 0. The number of nitrogens with zero attached hydrogens (tertiary/aromatic N) is 3. The van der Waals surface area contributed by atoms with Crippen molar-refractivity contribution in [2.24, 2.45) is 0 Å². The Balaban J connectivity index is 2.20. The zero-order chi connectivity index (χ0) is 19.1. The molecule has 0 bridgehead atoms. The molecule has 0 saturated heterocycles. The van der Waals surface area contributed by atoms with Crippen LogP contribution in [0.2, 0.25) is 0 Å². The Hall–Kier alpha value is -2.43. The molecule has 0 saturated carbocycles. The SMILES string of the molecule is CCCN(CCC)c1cc(C(=O)Nc2ccc(C(C)C)cc2)nc(C)n1. The number of carbonyl (C=O) groups excluding carboxylic acids is 1. The third-order valence-electron chi connectivity index (χ3n) is 4.20. The molecule has 1 aromatic carbocycles. The summed E-state index contributed by atoms with van der Waals surface area (Å²) in [5.74, 6) is 1.69. The van der Waals surface area contributed by atoms with E-state index < -0.39 is 0 Å². The zero-order valence-electron chi connectivity index (χ0n) is 16.5. The molecule has 1 heterocycles. The van der Waals surface area contributed by atoms with Gasteiger partial charge in [0.05, 0.1) is 0 Å². The molecule has 0 radical (unpaired) electrons. The van der Waals surface area contributed by atoms with Crippen LogP contribution in [-0.2, 0) is 0 Å².